The van der Waals surface area contributed by atoms with E-state index in [1.165, 1.54) is 12.5 Å². The Morgan fingerprint density at radius 3 is 2.81 bits per heavy atom. The maximum Gasteiger partial charge on any atom is 0.131 e. The molecule has 88 valence electrons. The Balaban J connectivity index is 1.94. The highest BCUT2D eigenvalue weighted by Gasteiger charge is 2.32. The van der Waals surface area contributed by atoms with Gasteiger partial charge in [0.1, 0.15) is 11.6 Å². The maximum absolute atomic E-state index is 13.5. The summed E-state index contributed by atoms with van der Waals surface area (Å²) < 4.78 is 13.5. The van der Waals surface area contributed by atoms with E-state index in [0.717, 1.165) is 24.4 Å². The van der Waals surface area contributed by atoms with Gasteiger partial charge < -0.3 is 10.4 Å². The second-order valence-corrected chi connectivity index (χ2v) is 4.81. The number of phenolic OH excluding ortho intramolecular Hbond substituents is 1. The molecule has 1 aliphatic rings. The van der Waals surface area contributed by atoms with Crippen LogP contribution in [0.15, 0.2) is 18.2 Å². The molecule has 3 heteroatoms. The maximum atomic E-state index is 13.5. The molecule has 2 N–H and O–H groups in total. The van der Waals surface area contributed by atoms with Gasteiger partial charge in [0, 0.05) is 17.7 Å². The van der Waals surface area contributed by atoms with Crippen LogP contribution >= 0.6 is 0 Å². The number of nitrogens with one attached hydrogen (secondary N) is 1. The van der Waals surface area contributed by atoms with Crippen LogP contribution < -0.4 is 5.32 Å². The van der Waals surface area contributed by atoms with Gasteiger partial charge in [0.05, 0.1) is 0 Å². The molecule has 1 fully saturated rings. The zero-order chi connectivity index (χ0) is 11.7. The number of hydrogen-bond donors (Lipinski definition) is 2. The summed E-state index contributed by atoms with van der Waals surface area (Å²) in [5, 5.41) is 12.5. The van der Waals surface area contributed by atoms with Crippen molar-refractivity contribution in [2.45, 2.75) is 26.3 Å². The van der Waals surface area contributed by atoms with E-state index in [4.69, 9.17) is 5.11 Å². The lowest BCUT2D eigenvalue weighted by molar-refractivity contribution is 0.462. The third-order valence-corrected chi connectivity index (χ3v) is 3.41. The molecule has 0 saturated heterocycles. The van der Waals surface area contributed by atoms with Gasteiger partial charge in [0.25, 0.3) is 0 Å². The van der Waals surface area contributed by atoms with E-state index in [0.29, 0.717) is 5.56 Å². The zero-order valence-electron chi connectivity index (χ0n) is 9.70. The van der Waals surface area contributed by atoms with Crippen molar-refractivity contribution in [1.29, 1.82) is 0 Å². The van der Waals surface area contributed by atoms with Gasteiger partial charge in [0.15, 0.2) is 0 Å². The van der Waals surface area contributed by atoms with Crippen LogP contribution in [0.25, 0.3) is 0 Å². The predicted octanol–water partition coefficient (Wildman–Crippen LogP) is 2.84. The summed E-state index contributed by atoms with van der Waals surface area (Å²) in [7, 11) is 0. The Morgan fingerprint density at radius 1 is 1.56 bits per heavy atom. The molecular formula is C13H18FNO. The topological polar surface area (TPSA) is 32.3 Å². The standard InChI is InChI=1S/C13H18FNO/c1-8-5-10(8)7-15-9(2)12-4-3-11(16)6-13(12)14/h3-4,6,8-10,15-16H,5,7H2,1-2H3. The molecule has 2 rings (SSSR count). The largest absolute Gasteiger partial charge is 0.508 e. The highest BCUT2D eigenvalue weighted by molar-refractivity contribution is 5.29. The molecule has 1 aliphatic carbocycles. The molecule has 0 amide bonds. The summed E-state index contributed by atoms with van der Waals surface area (Å²) in [5.74, 6) is 1.19. The Bertz CT molecular complexity index is 380. The Kier molecular flexibility index (Phi) is 3.15. The highest BCUT2D eigenvalue weighted by atomic mass is 19.1. The van der Waals surface area contributed by atoms with Crippen LogP contribution in [-0.2, 0) is 0 Å². The summed E-state index contributed by atoms with van der Waals surface area (Å²) in [6.45, 7) is 5.13. The third-order valence-electron chi connectivity index (χ3n) is 3.41. The minimum atomic E-state index is -0.344. The second-order valence-electron chi connectivity index (χ2n) is 4.81. The second kappa shape index (κ2) is 4.42. The van der Waals surface area contributed by atoms with Crippen molar-refractivity contribution in [2.75, 3.05) is 6.54 Å². The van der Waals surface area contributed by atoms with Crippen molar-refractivity contribution in [1.82, 2.24) is 5.32 Å². The van der Waals surface area contributed by atoms with E-state index < -0.39 is 0 Å². The quantitative estimate of drug-likeness (QED) is 0.822. The van der Waals surface area contributed by atoms with Crippen LogP contribution in [0, 0.1) is 17.7 Å². The minimum Gasteiger partial charge on any atom is -0.508 e. The van der Waals surface area contributed by atoms with E-state index in [-0.39, 0.29) is 17.6 Å². The Hall–Kier alpha value is -1.09. The number of hydrogen-bond acceptors (Lipinski definition) is 2. The average molecular weight is 223 g/mol. The van der Waals surface area contributed by atoms with E-state index in [9.17, 15) is 4.39 Å². The van der Waals surface area contributed by atoms with Crippen LogP contribution in [0.3, 0.4) is 0 Å². The molecule has 0 bridgehead atoms. The van der Waals surface area contributed by atoms with Gasteiger partial charge in [0.2, 0.25) is 0 Å². The van der Waals surface area contributed by atoms with Crippen molar-refractivity contribution in [2.24, 2.45) is 11.8 Å². The minimum absolute atomic E-state index is 0.00611. The van der Waals surface area contributed by atoms with Crippen molar-refractivity contribution < 1.29 is 9.50 Å². The molecule has 0 spiro atoms. The number of rotatable bonds is 4. The van der Waals surface area contributed by atoms with E-state index >= 15 is 0 Å². The fourth-order valence-corrected chi connectivity index (χ4v) is 1.99. The van der Waals surface area contributed by atoms with E-state index in [1.54, 1.807) is 6.07 Å². The molecule has 0 aromatic heterocycles. The summed E-state index contributed by atoms with van der Waals surface area (Å²) >= 11 is 0. The summed E-state index contributed by atoms with van der Waals surface area (Å²) in [5.41, 5.74) is 0.617. The first-order valence-corrected chi connectivity index (χ1v) is 5.79. The molecule has 0 radical (unpaired) electrons. The van der Waals surface area contributed by atoms with Crippen LogP contribution in [0.5, 0.6) is 5.75 Å². The van der Waals surface area contributed by atoms with Crippen LogP contribution in [0.2, 0.25) is 0 Å². The molecule has 2 nitrogen and oxygen atoms in total. The van der Waals surface area contributed by atoms with Gasteiger partial charge >= 0.3 is 0 Å². The van der Waals surface area contributed by atoms with Gasteiger partial charge in [-0.2, -0.15) is 0 Å². The van der Waals surface area contributed by atoms with E-state index in [1.807, 2.05) is 6.92 Å². The predicted molar refractivity (Wildman–Crippen MR) is 61.8 cm³/mol. The smallest absolute Gasteiger partial charge is 0.131 e. The zero-order valence-corrected chi connectivity index (χ0v) is 9.70. The molecular weight excluding hydrogens is 205 g/mol. The lowest BCUT2D eigenvalue weighted by atomic mass is 10.1. The molecule has 1 saturated carbocycles. The van der Waals surface area contributed by atoms with Crippen molar-refractivity contribution in [3.05, 3.63) is 29.6 Å². The lowest BCUT2D eigenvalue weighted by Gasteiger charge is -2.15. The van der Waals surface area contributed by atoms with Gasteiger partial charge in [-0.05, 0) is 37.8 Å². The molecule has 3 unspecified atom stereocenters. The number of halogens is 1. The monoisotopic (exact) mass is 223 g/mol. The molecule has 16 heavy (non-hydrogen) atoms. The van der Waals surface area contributed by atoms with Crippen molar-refractivity contribution >= 4 is 0 Å². The normalized spacial score (nSPS) is 25.4. The SMILES string of the molecule is CC(NCC1CC1C)c1ccc(O)cc1F. The van der Waals surface area contributed by atoms with E-state index in [2.05, 4.69) is 12.2 Å². The third kappa shape index (κ3) is 2.53. The van der Waals surface area contributed by atoms with Gasteiger partial charge in [-0.1, -0.05) is 13.0 Å². The van der Waals surface area contributed by atoms with Gasteiger partial charge in [-0.25, -0.2) is 4.39 Å². The van der Waals surface area contributed by atoms with Crippen LogP contribution in [-0.4, -0.2) is 11.7 Å². The summed E-state index contributed by atoms with van der Waals surface area (Å²) in [6.07, 6.45) is 1.28. The first-order valence-electron chi connectivity index (χ1n) is 5.79. The average Bonchev–Trinajstić information content (AvgIpc) is 2.91. The summed E-state index contributed by atoms with van der Waals surface area (Å²) in [6, 6.07) is 4.32. The van der Waals surface area contributed by atoms with Crippen LogP contribution in [0.4, 0.5) is 4.39 Å². The fourth-order valence-electron chi connectivity index (χ4n) is 1.99. The number of phenols is 1. The van der Waals surface area contributed by atoms with Crippen molar-refractivity contribution in [3.63, 3.8) is 0 Å². The first-order chi connectivity index (χ1) is 7.58. The fraction of sp³-hybridized carbons (Fsp3) is 0.538. The first kappa shape index (κ1) is 11.4. The molecule has 3 atom stereocenters. The Morgan fingerprint density at radius 2 is 2.25 bits per heavy atom. The van der Waals surface area contributed by atoms with Crippen LogP contribution in [0.1, 0.15) is 31.9 Å². The number of aromatic hydroxyl groups is 1. The van der Waals surface area contributed by atoms with Gasteiger partial charge in [-0.15, -0.1) is 0 Å². The van der Waals surface area contributed by atoms with Crippen molar-refractivity contribution in [3.8, 4) is 5.75 Å². The molecule has 0 heterocycles. The van der Waals surface area contributed by atoms with Gasteiger partial charge in [-0.3, -0.25) is 0 Å². The Labute approximate surface area is 95.5 Å². The highest BCUT2D eigenvalue weighted by Crippen LogP contribution is 2.37. The molecule has 0 aliphatic heterocycles. The summed E-state index contributed by atoms with van der Waals surface area (Å²) in [4.78, 5) is 0. The number of benzene rings is 1. The molecule has 1 aromatic carbocycles. The molecule has 1 aromatic rings. The lowest BCUT2D eigenvalue weighted by Crippen LogP contribution is -2.22.